The Morgan fingerprint density at radius 3 is 0.685 bits per heavy atom. The summed E-state index contributed by atoms with van der Waals surface area (Å²) in [5.74, 6) is -2.87. The minimum Gasteiger partial charge on any atom is -0.274 e. The smallest absolute Gasteiger partial charge is 0.238 e. The number of nitrogens with zero attached hydrogens (tertiary/aromatic N) is 2. The summed E-state index contributed by atoms with van der Waals surface area (Å²) in [6, 6.07) is 48.2. The van der Waals surface area contributed by atoms with Gasteiger partial charge in [0.25, 0.3) is 0 Å². The van der Waals surface area contributed by atoms with Gasteiger partial charge in [0.2, 0.25) is 23.6 Å². The van der Waals surface area contributed by atoms with Crippen LogP contribution in [0.1, 0.15) is 68.2 Å². The fraction of sp³-hybridized carbons (Fsp3) is 0.167. The third-order valence-electron chi connectivity index (χ3n) is 13.5. The zero-order valence-electron chi connectivity index (χ0n) is 29.0. The summed E-state index contributed by atoms with van der Waals surface area (Å²) in [6.07, 6.45) is 0. The number of hydrogen-bond donors (Lipinski definition) is 0. The van der Waals surface area contributed by atoms with Crippen LogP contribution in [0.2, 0.25) is 0 Å². The molecule has 4 bridgehead atoms. The molecule has 14 rings (SSSR count). The van der Waals surface area contributed by atoms with Crippen LogP contribution < -0.4 is 9.80 Å². The SMILES string of the molecule is O=C1[C@@H]2C3c4ccccc4C(c4ccccc43)[C@@H]2C(=O)N1c1ccc(-c2ccc(N3C(=O)[C@H]4C5c6ccccc6C(c6ccccc65)[C@@H]4C3=O)cc2)cc1. The lowest BCUT2D eigenvalue weighted by Crippen LogP contribution is -2.41. The van der Waals surface area contributed by atoms with Crippen molar-refractivity contribution in [2.45, 2.75) is 23.7 Å². The Labute approximate surface area is 311 Å². The van der Waals surface area contributed by atoms with Crippen LogP contribution in [0.4, 0.5) is 11.4 Å². The molecule has 54 heavy (non-hydrogen) atoms. The second-order valence-corrected chi connectivity index (χ2v) is 15.6. The van der Waals surface area contributed by atoms with E-state index in [-0.39, 0.29) is 47.3 Å². The lowest BCUT2D eigenvalue weighted by molar-refractivity contribution is -0.124. The van der Waals surface area contributed by atoms with Gasteiger partial charge in [0.1, 0.15) is 0 Å². The standard InChI is InChI=1S/C48H32N2O4/c51-45-41-37-29-9-1-2-10-30(29)38(32-12-4-3-11-31(32)37)42(41)46(52)49(45)27-21-17-25(18-22-27)26-19-23-28(24-20-26)50-47(53)43-39-33-13-5-6-14-34(33)40(44(43)48(50)54)36-16-8-7-15-35(36)39/h1-24,37-44H/t37?,38?,39?,40?,41-,42-,43-,44+/m0/s1. The number of rotatable bonds is 3. The molecule has 6 nitrogen and oxygen atoms in total. The van der Waals surface area contributed by atoms with Gasteiger partial charge in [0.15, 0.2) is 0 Å². The van der Waals surface area contributed by atoms with Crippen LogP contribution in [0.3, 0.4) is 0 Å². The van der Waals surface area contributed by atoms with Crippen LogP contribution in [0.15, 0.2) is 146 Å². The highest BCUT2D eigenvalue weighted by atomic mass is 16.2. The van der Waals surface area contributed by atoms with E-state index in [2.05, 4.69) is 48.5 Å². The van der Waals surface area contributed by atoms with Crippen LogP contribution in [-0.2, 0) is 19.2 Å². The van der Waals surface area contributed by atoms with Crippen molar-refractivity contribution in [1.29, 1.82) is 0 Å². The molecule has 8 aliphatic rings. The number of imide groups is 2. The summed E-state index contributed by atoms with van der Waals surface area (Å²) in [4.78, 5) is 59.8. The molecule has 6 aromatic carbocycles. The van der Waals surface area contributed by atoms with Crippen LogP contribution in [0.5, 0.6) is 0 Å². The van der Waals surface area contributed by atoms with Gasteiger partial charge in [-0.2, -0.15) is 0 Å². The lowest BCUT2D eigenvalue weighted by Gasteiger charge is -2.45. The molecule has 2 fully saturated rings. The molecule has 6 heteroatoms. The maximum atomic E-state index is 14.2. The zero-order chi connectivity index (χ0) is 36.0. The second kappa shape index (κ2) is 10.6. The first kappa shape index (κ1) is 30.1. The van der Waals surface area contributed by atoms with Crippen LogP contribution >= 0.6 is 0 Å². The molecule has 4 amide bonds. The number of benzene rings is 6. The molecule has 6 aromatic rings. The molecule has 2 saturated heterocycles. The predicted molar refractivity (Wildman–Crippen MR) is 204 cm³/mol. The molecule has 0 unspecified atom stereocenters. The molecule has 0 aromatic heterocycles. The molecule has 0 saturated carbocycles. The maximum Gasteiger partial charge on any atom is 0.238 e. The molecule has 6 aliphatic carbocycles. The number of carbonyl (C=O) groups is 4. The Morgan fingerprint density at radius 2 is 0.481 bits per heavy atom. The topological polar surface area (TPSA) is 74.8 Å². The number of amides is 4. The van der Waals surface area contributed by atoms with Crippen molar-refractivity contribution in [3.05, 3.63) is 190 Å². The number of anilines is 2. The van der Waals surface area contributed by atoms with E-state index in [1.807, 2.05) is 97.1 Å². The van der Waals surface area contributed by atoms with E-state index >= 15 is 0 Å². The predicted octanol–water partition coefficient (Wildman–Crippen LogP) is 8.15. The monoisotopic (exact) mass is 700 g/mol. The summed E-state index contributed by atoms with van der Waals surface area (Å²) < 4.78 is 0. The Morgan fingerprint density at radius 1 is 0.278 bits per heavy atom. The van der Waals surface area contributed by atoms with Crippen molar-refractivity contribution >= 4 is 35.0 Å². The average molecular weight is 701 g/mol. The molecule has 2 aliphatic heterocycles. The first-order chi connectivity index (χ1) is 26.5. The van der Waals surface area contributed by atoms with E-state index in [0.717, 1.165) is 55.6 Å². The van der Waals surface area contributed by atoms with E-state index in [9.17, 15) is 19.2 Å². The third kappa shape index (κ3) is 3.65. The molecular formula is C48H32N2O4. The molecule has 4 atom stereocenters. The van der Waals surface area contributed by atoms with Crippen molar-refractivity contribution in [2.24, 2.45) is 23.7 Å². The second-order valence-electron chi connectivity index (χ2n) is 15.6. The summed E-state index contributed by atoms with van der Waals surface area (Å²) in [6.45, 7) is 0. The first-order valence-corrected chi connectivity index (χ1v) is 18.8. The highest BCUT2D eigenvalue weighted by molar-refractivity contribution is 6.24. The Balaban J connectivity index is 0.833. The number of hydrogen-bond acceptors (Lipinski definition) is 4. The van der Waals surface area contributed by atoms with Gasteiger partial charge in [-0.25, -0.2) is 9.80 Å². The summed E-state index contributed by atoms with van der Waals surface area (Å²) in [5, 5.41) is 0. The Hall–Kier alpha value is -6.40. The Bertz CT molecular complexity index is 2250. The largest absolute Gasteiger partial charge is 0.274 e. The van der Waals surface area contributed by atoms with Gasteiger partial charge >= 0.3 is 0 Å². The third-order valence-corrected chi connectivity index (χ3v) is 13.5. The highest BCUT2D eigenvalue weighted by Crippen LogP contribution is 2.63. The van der Waals surface area contributed by atoms with Gasteiger partial charge in [-0.1, -0.05) is 121 Å². The van der Waals surface area contributed by atoms with E-state index < -0.39 is 23.7 Å². The lowest BCUT2D eigenvalue weighted by atomic mass is 9.55. The quantitative estimate of drug-likeness (QED) is 0.175. The van der Waals surface area contributed by atoms with Crippen molar-refractivity contribution in [3.63, 3.8) is 0 Å². The van der Waals surface area contributed by atoms with Crippen molar-refractivity contribution in [1.82, 2.24) is 0 Å². The van der Waals surface area contributed by atoms with Crippen LogP contribution in [-0.4, -0.2) is 23.6 Å². The van der Waals surface area contributed by atoms with Gasteiger partial charge in [-0.15, -0.1) is 0 Å². The molecule has 0 radical (unpaired) electrons. The minimum absolute atomic E-state index is 0.138. The first-order valence-electron chi connectivity index (χ1n) is 18.8. The molecule has 2 heterocycles. The van der Waals surface area contributed by atoms with Gasteiger partial charge < -0.3 is 0 Å². The average Bonchev–Trinajstić information content (AvgIpc) is 3.65. The van der Waals surface area contributed by atoms with E-state index in [0.29, 0.717) is 11.4 Å². The van der Waals surface area contributed by atoms with Crippen molar-refractivity contribution in [2.75, 3.05) is 9.80 Å². The van der Waals surface area contributed by atoms with Crippen molar-refractivity contribution < 1.29 is 19.2 Å². The van der Waals surface area contributed by atoms with Gasteiger partial charge in [0.05, 0.1) is 35.0 Å². The fourth-order valence-corrected chi connectivity index (χ4v) is 11.5. The minimum atomic E-state index is -0.433. The molecule has 0 N–H and O–H groups in total. The van der Waals surface area contributed by atoms with Crippen LogP contribution in [0.25, 0.3) is 11.1 Å². The van der Waals surface area contributed by atoms with Crippen molar-refractivity contribution in [3.8, 4) is 11.1 Å². The summed E-state index contributed by atoms with van der Waals surface area (Å²) >= 11 is 0. The van der Waals surface area contributed by atoms with Gasteiger partial charge in [-0.05, 0) is 79.9 Å². The van der Waals surface area contributed by atoms with E-state index in [1.165, 1.54) is 9.80 Å². The number of carbonyl (C=O) groups excluding carboxylic acids is 4. The van der Waals surface area contributed by atoms with E-state index in [4.69, 9.17) is 0 Å². The van der Waals surface area contributed by atoms with Crippen LogP contribution in [0, 0.1) is 23.7 Å². The molecule has 258 valence electrons. The Kier molecular flexibility index (Phi) is 5.91. The maximum absolute atomic E-state index is 14.2. The molecule has 0 spiro atoms. The van der Waals surface area contributed by atoms with E-state index in [1.54, 1.807) is 0 Å². The summed E-state index contributed by atoms with van der Waals surface area (Å²) in [5.41, 5.74) is 12.2. The zero-order valence-corrected chi connectivity index (χ0v) is 29.0. The molecular weight excluding hydrogens is 669 g/mol. The highest BCUT2D eigenvalue weighted by Gasteiger charge is 2.63. The van der Waals surface area contributed by atoms with Gasteiger partial charge in [-0.3, -0.25) is 19.2 Å². The van der Waals surface area contributed by atoms with Gasteiger partial charge in [0, 0.05) is 23.7 Å². The summed E-state index contributed by atoms with van der Waals surface area (Å²) in [7, 11) is 0. The fourth-order valence-electron chi connectivity index (χ4n) is 11.5. The normalized spacial score (nSPS) is 27.7.